The second-order valence-electron chi connectivity index (χ2n) is 9.57. The summed E-state index contributed by atoms with van der Waals surface area (Å²) in [5, 5.41) is 23.0. The predicted molar refractivity (Wildman–Crippen MR) is 158 cm³/mol. The number of thioether (sulfide) groups is 1. The SMILES string of the molecule is CSCC[C@H](NC(=O)[C@H](C)NC(=O)OCc1ccccc1)C(=O)N[C@@H](C)C(=O)N[C@@H](C)C(=O)N[C@@H](C)C(=O)NCC(=O)O. The molecule has 43 heavy (non-hydrogen) atoms. The highest BCUT2D eigenvalue weighted by Crippen LogP contribution is 2.04. The molecule has 5 atom stereocenters. The van der Waals surface area contributed by atoms with Crippen LogP contribution in [0.1, 0.15) is 39.7 Å². The van der Waals surface area contributed by atoms with E-state index >= 15 is 0 Å². The molecule has 6 amide bonds. The van der Waals surface area contributed by atoms with Gasteiger partial charge in [-0.15, -0.1) is 0 Å². The van der Waals surface area contributed by atoms with Crippen LogP contribution in [-0.2, 0) is 40.1 Å². The zero-order chi connectivity index (χ0) is 32.5. The Kier molecular flexibility index (Phi) is 16.2. The molecule has 0 saturated heterocycles. The van der Waals surface area contributed by atoms with Gasteiger partial charge >= 0.3 is 12.1 Å². The van der Waals surface area contributed by atoms with Gasteiger partial charge in [-0.1, -0.05) is 30.3 Å². The van der Waals surface area contributed by atoms with Gasteiger partial charge in [0.15, 0.2) is 0 Å². The molecule has 16 heteroatoms. The maximum Gasteiger partial charge on any atom is 0.408 e. The zero-order valence-electron chi connectivity index (χ0n) is 24.7. The fourth-order valence-corrected chi connectivity index (χ4v) is 3.78. The van der Waals surface area contributed by atoms with Crippen LogP contribution in [0.3, 0.4) is 0 Å². The van der Waals surface area contributed by atoms with Crippen LogP contribution < -0.4 is 31.9 Å². The Labute approximate surface area is 254 Å². The van der Waals surface area contributed by atoms with E-state index < -0.39 is 78.4 Å². The van der Waals surface area contributed by atoms with E-state index in [4.69, 9.17) is 9.84 Å². The number of carboxylic acid groups (broad SMARTS) is 1. The van der Waals surface area contributed by atoms with Crippen LogP contribution in [0.2, 0.25) is 0 Å². The van der Waals surface area contributed by atoms with Crippen LogP contribution in [0.5, 0.6) is 0 Å². The standard InChI is InChI=1S/C27H40N6O9S/c1-15(22(36)28-13-21(34)35)29-23(37)16(2)30-24(38)17(3)31-26(40)20(11-12-43-5)33-25(39)18(4)32-27(41)42-14-19-9-7-6-8-10-19/h6-10,15-18,20H,11-14H2,1-5H3,(H,28,36)(H,29,37)(H,30,38)(H,31,40)(H,32,41)(H,33,39)(H,34,35)/t15-,16-,17-,18-,20-/m0/s1. The van der Waals surface area contributed by atoms with E-state index in [-0.39, 0.29) is 13.0 Å². The molecule has 1 rings (SSSR count). The summed E-state index contributed by atoms with van der Waals surface area (Å²) in [4.78, 5) is 85.3. The Morgan fingerprint density at radius 2 is 1.21 bits per heavy atom. The molecule has 1 aromatic carbocycles. The van der Waals surface area contributed by atoms with Gasteiger partial charge < -0.3 is 41.7 Å². The largest absolute Gasteiger partial charge is 0.480 e. The smallest absolute Gasteiger partial charge is 0.408 e. The maximum absolute atomic E-state index is 13.0. The van der Waals surface area contributed by atoms with E-state index in [2.05, 4.69) is 31.9 Å². The summed E-state index contributed by atoms with van der Waals surface area (Å²) in [5.41, 5.74) is 0.770. The van der Waals surface area contributed by atoms with Gasteiger partial charge in [-0.05, 0) is 51.7 Å². The minimum Gasteiger partial charge on any atom is -0.480 e. The summed E-state index contributed by atoms with van der Waals surface area (Å²) in [5.74, 6) is -4.16. The summed E-state index contributed by atoms with van der Waals surface area (Å²) < 4.78 is 5.12. The molecule has 0 bridgehead atoms. The molecule has 238 valence electrons. The first-order chi connectivity index (χ1) is 20.2. The number of aliphatic carboxylic acids is 1. The molecule has 0 aliphatic carbocycles. The van der Waals surface area contributed by atoms with E-state index in [9.17, 15) is 33.6 Å². The molecule has 0 aliphatic heterocycles. The van der Waals surface area contributed by atoms with Crippen molar-refractivity contribution in [1.82, 2.24) is 31.9 Å². The molecular formula is C27H40N6O9S. The number of hydrogen-bond acceptors (Lipinski definition) is 9. The Hall–Kier alpha value is -4.34. The number of benzene rings is 1. The van der Waals surface area contributed by atoms with Gasteiger partial charge in [-0.25, -0.2) is 4.79 Å². The van der Waals surface area contributed by atoms with Crippen LogP contribution in [0.15, 0.2) is 30.3 Å². The predicted octanol–water partition coefficient (Wildman–Crippen LogP) is -0.746. The molecule has 0 heterocycles. The fourth-order valence-electron chi connectivity index (χ4n) is 3.31. The van der Waals surface area contributed by atoms with Gasteiger partial charge in [-0.2, -0.15) is 11.8 Å². The van der Waals surface area contributed by atoms with E-state index in [1.807, 2.05) is 12.3 Å². The molecule has 1 aromatic rings. The summed E-state index contributed by atoms with van der Waals surface area (Å²) in [6.07, 6.45) is 1.25. The van der Waals surface area contributed by atoms with E-state index in [0.717, 1.165) is 5.56 Å². The van der Waals surface area contributed by atoms with Crippen molar-refractivity contribution < 1.29 is 43.4 Å². The van der Waals surface area contributed by atoms with Gasteiger partial charge in [0, 0.05) is 0 Å². The second-order valence-corrected chi connectivity index (χ2v) is 10.6. The van der Waals surface area contributed by atoms with Gasteiger partial charge in [0.05, 0.1) is 0 Å². The summed E-state index contributed by atoms with van der Waals surface area (Å²) in [6, 6.07) is 3.67. The molecule has 0 saturated carbocycles. The number of rotatable bonds is 17. The Balaban J connectivity index is 2.63. The van der Waals surface area contributed by atoms with Crippen molar-refractivity contribution >= 4 is 53.4 Å². The van der Waals surface area contributed by atoms with Gasteiger partial charge in [0.1, 0.15) is 43.4 Å². The van der Waals surface area contributed by atoms with E-state index in [0.29, 0.717) is 5.75 Å². The molecule has 0 radical (unpaired) electrons. The molecular weight excluding hydrogens is 584 g/mol. The number of ether oxygens (including phenoxy) is 1. The monoisotopic (exact) mass is 624 g/mol. The number of carbonyl (C=O) groups excluding carboxylic acids is 6. The van der Waals surface area contributed by atoms with Crippen molar-refractivity contribution in [2.24, 2.45) is 0 Å². The van der Waals surface area contributed by atoms with E-state index in [1.54, 1.807) is 24.3 Å². The Morgan fingerprint density at radius 1 is 0.721 bits per heavy atom. The molecule has 7 N–H and O–H groups in total. The van der Waals surface area contributed by atoms with E-state index in [1.165, 1.54) is 39.5 Å². The molecule has 15 nitrogen and oxygen atoms in total. The average molecular weight is 625 g/mol. The van der Waals surface area contributed by atoms with Crippen LogP contribution in [-0.4, -0.2) is 95.5 Å². The highest BCUT2D eigenvalue weighted by Gasteiger charge is 2.28. The third kappa shape index (κ3) is 14.4. The summed E-state index contributed by atoms with van der Waals surface area (Å²) >= 11 is 1.44. The highest BCUT2D eigenvalue weighted by molar-refractivity contribution is 7.98. The van der Waals surface area contributed by atoms with Crippen LogP contribution in [0.4, 0.5) is 4.79 Å². The molecule has 0 aliphatic rings. The number of carboxylic acids is 1. The van der Waals surface area contributed by atoms with Crippen molar-refractivity contribution in [2.45, 2.75) is 70.9 Å². The molecule has 0 fully saturated rings. The first-order valence-electron chi connectivity index (χ1n) is 13.4. The minimum atomic E-state index is -1.25. The highest BCUT2D eigenvalue weighted by atomic mass is 32.2. The lowest BCUT2D eigenvalue weighted by atomic mass is 10.1. The van der Waals surface area contributed by atoms with Crippen molar-refractivity contribution in [1.29, 1.82) is 0 Å². The fraction of sp³-hybridized carbons (Fsp3) is 0.519. The lowest BCUT2D eigenvalue weighted by Gasteiger charge is -2.24. The molecule has 0 unspecified atom stereocenters. The minimum absolute atomic E-state index is 0.0150. The number of alkyl carbamates (subject to hydrolysis) is 1. The quantitative estimate of drug-likeness (QED) is 0.115. The molecule has 0 aromatic heterocycles. The first kappa shape index (κ1) is 36.7. The average Bonchev–Trinajstić information content (AvgIpc) is 2.96. The zero-order valence-corrected chi connectivity index (χ0v) is 25.5. The van der Waals surface area contributed by atoms with Crippen LogP contribution in [0, 0.1) is 0 Å². The van der Waals surface area contributed by atoms with Gasteiger partial charge in [0.2, 0.25) is 29.5 Å². The van der Waals surface area contributed by atoms with Crippen molar-refractivity contribution in [2.75, 3.05) is 18.6 Å². The lowest BCUT2D eigenvalue weighted by molar-refractivity contribution is -0.138. The van der Waals surface area contributed by atoms with Gasteiger partial charge in [0.25, 0.3) is 0 Å². The van der Waals surface area contributed by atoms with Crippen LogP contribution >= 0.6 is 11.8 Å². The van der Waals surface area contributed by atoms with Crippen LogP contribution in [0.25, 0.3) is 0 Å². The topological polar surface area (TPSA) is 221 Å². The van der Waals surface area contributed by atoms with Gasteiger partial charge in [-0.3, -0.25) is 28.8 Å². The first-order valence-corrected chi connectivity index (χ1v) is 14.8. The number of carbonyl (C=O) groups is 7. The van der Waals surface area contributed by atoms with Crippen molar-refractivity contribution in [3.63, 3.8) is 0 Å². The van der Waals surface area contributed by atoms with Crippen molar-refractivity contribution in [3.8, 4) is 0 Å². The molecule has 0 spiro atoms. The summed E-state index contributed by atoms with van der Waals surface area (Å²) in [7, 11) is 0. The Bertz CT molecular complexity index is 1140. The third-order valence-corrected chi connectivity index (χ3v) is 6.50. The maximum atomic E-state index is 13.0. The summed E-state index contributed by atoms with van der Waals surface area (Å²) in [6.45, 7) is 4.94. The number of nitrogens with one attached hydrogen (secondary N) is 6. The number of hydrogen-bond donors (Lipinski definition) is 7. The Morgan fingerprint density at radius 3 is 1.74 bits per heavy atom. The lowest BCUT2D eigenvalue weighted by Crippen LogP contribution is -2.57. The normalized spacial score (nSPS) is 14.0. The van der Waals surface area contributed by atoms with Crippen molar-refractivity contribution in [3.05, 3.63) is 35.9 Å². The number of amides is 6. The third-order valence-electron chi connectivity index (χ3n) is 5.85. The second kappa shape index (κ2) is 19.0.